The fourth-order valence-corrected chi connectivity index (χ4v) is 2.61. The van der Waals surface area contributed by atoms with E-state index in [1.54, 1.807) is 12.4 Å². The highest BCUT2D eigenvalue weighted by Crippen LogP contribution is 2.30. The SMILES string of the molecule is N#CCCOc1ccc(-n2c(-c3nonc3N)nc3cnccc32)cc1. The van der Waals surface area contributed by atoms with E-state index in [0.29, 0.717) is 35.8 Å². The Morgan fingerprint density at radius 2 is 2.04 bits per heavy atom. The minimum Gasteiger partial charge on any atom is -0.493 e. The predicted octanol–water partition coefficient (Wildman–Crippen LogP) is 2.35. The Hall–Kier alpha value is -3.93. The van der Waals surface area contributed by atoms with Crippen molar-refractivity contribution in [2.75, 3.05) is 12.3 Å². The summed E-state index contributed by atoms with van der Waals surface area (Å²) >= 11 is 0. The van der Waals surface area contributed by atoms with Crippen molar-refractivity contribution in [2.24, 2.45) is 0 Å². The normalized spacial score (nSPS) is 10.7. The molecule has 0 atom stereocenters. The molecule has 0 fully saturated rings. The summed E-state index contributed by atoms with van der Waals surface area (Å²) in [6.45, 7) is 0.349. The first kappa shape index (κ1) is 15.6. The lowest BCUT2D eigenvalue weighted by Gasteiger charge is -2.09. The standard InChI is InChI=1S/C17H13N7O2/c18-7-1-9-25-12-4-2-11(3-5-12)24-14-6-8-20-10-13(14)21-17(24)15-16(19)23-26-22-15/h2-6,8,10H,1,9H2,(H2,19,23). The van der Waals surface area contributed by atoms with Gasteiger partial charge in [0.05, 0.1) is 24.2 Å². The van der Waals surface area contributed by atoms with Gasteiger partial charge in [-0.1, -0.05) is 0 Å². The van der Waals surface area contributed by atoms with E-state index in [9.17, 15) is 0 Å². The number of hydrogen-bond donors (Lipinski definition) is 1. The van der Waals surface area contributed by atoms with Gasteiger partial charge in [0.1, 0.15) is 17.9 Å². The van der Waals surface area contributed by atoms with Crippen LogP contribution < -0.4 is 10.5 Å². The summed E-state index contributed by atoms with van der Waals surface area (Å²) in [6.07, 6.45) is 3.69. The average Bonchev–Trinajstić information content (AvgIpc) is 3.25. The highest BCUT2D eigenvalue weighted by molar-refractivity contribution is 5.83. The Bertz CT molecular complexity index is 1090. The van der Waals surface area contributed by atoms with Crippen molar-refractivity contribution < 1.29 is 9.37 Å². The van der Waals surface area contributed by atoms with Crippen LogP contribution in [0, 0.1) is 11.3 Å². The molecule has 9 nitrogen and oxygen atoms in total. The highest BCUT2D eigenvalue weighted by Gasteiger charge is 2.20. The second-order valence-electron chi connectivity index (χ2n) is 5.38. The first-order valence-electron chi connectivity index (χ1n) is 7.79. The van der Waals surface area contributed by atoms with Gasteiger partial charge in [-0.15, -0.1) is 0 Å². The Labute approximate surface area is 147 Å². The first-order valence-corrected chi connectivity index (χ1v) is 7.79. The Morgan fingerprint density at radius 1 is 1.19 bits per heavy atom. The van der Waals surface area contributed by atoms with Crippen molar-refractivity contribution in [3.8, 4) is 29.0 Å². The van der Waals surface area contributed by atoms with Crippen LogP contribution in [0.3, 0.4) is 0 Å². The molecule has 26 heavy (non-hydrogen) atoms. The van der Waals surface area contributed by atoms with Crippen molar-refractivity contribution >= 4 is 16.9 Å². The van der Waals surface area contributed by atoms with Gasteiger partial charge >= 0.3 is 0 Å². The van der Waals surface area contributed by atoms with E-state index in [4.69, 9.17) is 20.4 Å². The van der Waals surface area contributed by atoms with Gasteiger partial charge in [-0.2, -0.15) is 5.26 Å². The van der Waals surface area contributed by atoms with Crippen molar-refractivity contribution in [3.05, 3.63) is 42.7 Å². The van der Waals surface area contributed by atoms with Crippen molar-refractivity contribution in [2.45, 2.75) is 6.42 Å². The molecular formula is C17H13N7O2. The highest BCUT2D eigenvalue weighted by atomic mass is 16.6. The molecule has 9 heteroatoms. The van der Waals surface area contributed by atoms with Gasteiger partial charge in [0.25, 0.3) is 0 Å². The zero-order chi connectivity index (χ0) is 17.9. The maximum atomic E-state index is 8.58. The van der Waals surface area contributed by atoms with E-state index in [1.807, 2.05) is 41.0 Å². The number of fused-ring (bicyclic) bond motifs is 1. The molecule has 3 heterocycles. The number of rotatable bonds is 5. The maximum Gasteiger partial charge on any atom is 0.199 e. The fraction of sp³-hybridized carbons (Fsp3) is 0.118. The molecule has 0 aliphatic rings. The number of benzene rings is 1. The molecule has 0 amide bonds. The van der Waals surface area contributed by atoms with Crippen LogP contribution in [0.15, 0.2) is 47.4 Å². The molecule has 0 saturated heterocycles. The van der Waals surface area contributed by atoms with Gasteiger partial charge in [-0.3, -0.25) is 9.55 Å². The zero-order valence-electron chi connectivity index (χ0n) is 13.5. The smallest absolute Gasteiger partial charge is 0.199 e. The third-order valence-corrected chi connectivity index (χ3v) is 3.76. The predicted molar refractivity (Wildman–Crippen MR) is 92.3 cm³/mol. The van der Waals surface area contributed by atoms with Crippen LogP contribution in [0.2, 0.25) is 0 Å². The summed E-state index contributed by atoms with van der Waals surface area (Å²) in [7, 11) is 0. The molecule has 128 valence electrons. The molecule has 3 aromatic heterocycles. The van der Waals surface area contributed by atoms with Gasteiger partial charge < -0.3 is 10.5 Å². The number of pyridine rings is 1. The Kier molecular flexibility index (Phi) is 3.91. The number of nitrogens with two attached hydrogens (primary N) is 1. The Balaban J connectivity index is 1.80. The molecule has 4 rings (SSSR count). The number of ether oxygens (including phenoxy) is 1. The number of anilines is 1. The molecule has 0 saturated carbocycles. The van der Waals surface area contributed by atoms with Gasteiger partial charge in [0, 0.05) is 11.9 Å². The van der Waals surface area contributed by atoms with Gasteiger partial charge in [0.15, 0.2) is 17.3 Å². The molecule has 0 aliphatic heterocycles. The summed E-state index contributed by atoms with van der Waals surface area (Å²) < 4.78 is 12.1. The monoisotopic (exact) mass is 347 g/mol. The lowest BCUT2D eigenvalue weighted by atomic mass is 10.2. The van der Waals surface area contributed by atoms with E-state index >= 15 is 0 Å². The first-order chi connectivity index (χ1) is 12.8. The van der Waals surface area contributed by atoms with Gasteiger partial charge in [0.2, 0.25) is 0 Å². The zero-order valence-corrected chi connectivity index (χ0v) is 13.5. The molecule has 0 aliphatic carbocycles. The van der Waals surface area contributed by atoms with Crippen LogP contribution in [0.1, 0.15) is 6.42 Å². The number of nitriles is 1. The van der Waals surface area contributed by atoms with Crippen LogP contribution in [0.25, 0.3) is 28.2 Å². The Morgan fingerprint density at radius 3 is 2.77 bits per heavy atom. The summed E-state index contributed by atoms with van der Waals surface area (Å²) in [5.74, 6) is 1.34. The molecule has 0 unspecified atom stereocenters. The second kappa shape index (κ2) is 6.52. The van der Waals surface area contributed by atoms with Crippen LogP contribution in [-0.4, -0.2) is 31.5 Å². The maximum absolute atomic E-state index is 8.58. The number of aromatic nitrogens is 5. The summed E-state index contributed by atoms with van der Waals surface area (Å²) in [5.41, 5.74) is 8.58. The molecule has 0 bridgehead atoms. The van der Waals surface area contributed by atoms with Crippen molar-refractivity contribution in [1.29, 1.82) is 5.26 Å². The quantitative estimate of drug-likeness (QED) is 0.545. The fourth-order valence-electron chi connectivity index (χ4n) is 2.61. The molecule has 0 spiro atoms. The van der Waals surface area contributed by atoms with Crippen LogP contribution in [0.4, 0.5) is 5.82 Å². The van der Waals surface area contributed by atoms with Crippen LogP contribution in [-0.2, 0) is 0 Å². The number of nitrogen functional groups attached to an aromatic ring is 1. The largest absolute Gasteiger partial charge is 0.493 e. The second-order valence-corrected chi connectivity index (χ2v) is 5.38. The van der Waals surface area contributed by atoms with Gasteiger partial charge in [-0.25, -0.2) is 9.61 Å². The van der Waals surface area contributed by atoms with Crippen molar-refractivity contribution in [3.63, 3.8) is 0 Å². The third-order valence-electron chi connectivity index (χ3n) is 3.76. The van der Waals surface area contributed by atoms with E-state index in [2.05, 4.69) is 20.3 Å². The summed E-state index contributed by atoms with van der Waals surface area (Å²) in [5, 5.41) is 16.1. The third kappa shape index (κ3) is 2.69. The van der Waals surface area contributed by atoms with E-state index in [1.165, 1.54) is 0 Å². The summed E-state index contributed by atoms with van der Waals surface area (Å²) in [4.78, 5) is 8.67. The molecular weight excluding hydrogens is 334 g/mol. The van der Waals surface area contributed by atoms with E-state index in [-0.39, 0.29) is 5.82 Å². The number of hydrogen-bond acceptors (Lipinski definition) is 8. The van der Waals surface area contributed by atoms with Crippen LogP contribution in [0.5, 0.6) is 5.75 Å². The minimum absolute atomic E-state index is 0.158. The lowest BCUT2D eigenvalue weighted by Crippen LogP contribution is -2.00. The lowest BCUT2D eigenvalue weighted by molar-refractivity contribution is 0.310. The van der Waals surface area contributed by atoms with E-state index < -0.39 is 0 Å². The summed E-state index contributed by atoms with van der Waals surface area (Å²) in [6, 6.07) is 11.3. The topological polar surface area (TPSA) is 129 Å². The van der Waals surface area contributed by atoms with Gasteiger partial charge in [-0.05, 0) is 40.6 Å². The van der Waals surface area contributed by atoms with E-state index in [0.717, 1.165) is 11.2 Å². The number of nitrogens with zero attached hydrogens (tertiary/aromatic N) is 6. The minimum atomic E-state index is 0.158. The van der Waals surface area contributed by atoms with Crippen LogP contribution >= 0.6 is 0 Å². The molecule has 1 aromatic carbocycles. The number of imidazole rings is 1. The molecule has 0 radical (unpaired) electrons. The average molecular weight is 347 g/mol. The molecule has 2 N–H and O–H groups in total. The molecule has 4 aromatic rings. The van der Waals surface area contributed by atoms with Crippen molar-refractivity contribution in [1.82, 2.24) is 24.8 Å².